The van der Waals surface area contributed by atoms with E-state index in [2.05, 4.69) is 25.3 Å². The Morgan fingerprint density at radius 2 is 1.79 bits per heavy atom. The predicted octanol–water partition coefficient (Wildman–Crippen LogP) is 1.68. The van der Waals surface area contributed by atoms with E-state index in [1.54, 1.807) is 28.9 Å². The number of aryl methyl sites for hydroxylation is 2. The van der Waals surface area contributed by atoms with Gasteiger partial charge in [-0.2, -0.15) is 5.10 Å². The third-order valence-electron chi connectivity index (χ3n) is 3.97. The molecule has 0 aliphatic rings. The molecule has 10 heteroatoms. The van der Waals surface area contributed by atoms with E-state index in [0.29, 0.717) is 23.9 Å². The molecule has 0 unspecified atom stereocenters. The van der Waals surface area contributed by atoms with Gasteiger partial charge in [-0.1, -0.05) is 0 Å². The van der Waals surface area contributed by atoms with Crippen LogP contribution in [0.3, 0.4) is 0 Å². The van der Waals surface area contributed by atoms with Crippen LogP contribution in [-0.4, -0.2) is 48.6 Å². The molecular weight excluding hydrogens is 380 g/mol. The van der Waals surface area contributed by atoms with Crippen LogP contribution in [0.1, 0.15) is 11.4 Å². The molecule has 9 nitrogen and oxygen atoms in total. The van der Waals surface area contributed by atoms with Gasteiger partial charge in [0.2, 0.25) is 10.0 Å². The molecular formula is C18H22N6O3S. The number of aromatic nitrogens is 4. The minimum absolute atomic E-state index is 0.183. The zero-order valence-electron chi connectivity index (χ0n) is 15.9. The molecule has 0 radical (unpaired) electrons. The first kappa shape index (κ1) is 19.8. The molecule has 0 atom stereocenters. The minimum Gasteiger partial charge on any atom is -0.497 e. The van der Waals surface area contributed by atoms with Crippen molar-refractivity contribution in [3.05, 3.63) is 53.9 Å². The van der Waals surface area contributed by atoms with Gasteiger partial charge in [0.05, 0.1) is 17.7 Å². The Morgan fingerprint density at radius 1 is 1.04 bits per heavy atom. The second-order valence-electron chi connectivity index (χ2n) is 6.12. The molecule has 148 valence electrons. The summed E-state index contributed by atoms with van der Waals surface area (Å²) >= 11 is 0. The molecule has 0 aliphatic heterocycles. The lowest BCUT2D eigenvalue weighted by molar-refractivity contribution is 0.414. The highest BCUT2D eigenvalue weighted by Crippen LogP contribution is 2.15. The van der Waals surface area contributed by atoms with Crippen molar-refractivity contribution in [2.75, 3.05) is 25.5 Å². The number of methoxy groups -OCH3 is 1. The van der Waals surface area contributed by atoms with Gasteiger partial charge in [-0.3, -0.25) is 0 Å². The summed E-state index contributed by atoms with van der Waals surface area (Å²) in [5.74, 6) is 1.77. The highest BCUT2D eigenvalue weighted by Gasteiger charge is 2.13. The first-order valence-corrected chi connectivity index (χ1v) is 10.1. The van der Waals surface area contributed by atoms with E-state index in [4.69, 9.17) is 4.74 Å². The highest BCUT2D eigenvalue weighted by molar-refractivity contribution is 7.89. The minimum atomic E-state index is -3.58. The van der Waals surface area contributed by atoms with Crippen LogP contribution in [-0.2, 0) is 10.0 Å². The predicted molar refractivity (Wildman–Crippen MR) is 105 cm³/mol. The zero-order chi connectivity index (χ0) is 20.1. The van der Waals surface area contributed by atoms with Gasteiger partial charge in [-0.05, 0) is 56.3 Å². The molecule has 0 fully saturated rings. The van der Waals surface area contributed by atoms with Crippen molar-refractivity contribution in [3.63, 3.8) is 0 Å². The van der Waals surface area contributed by atoms with Crippen LogP contribution < -0.4 is 14.8 Å². The fourth-order valence-corrected chi connectivity index (χ4v) is 3.64. The Labute approximate surface area is 163 Å². The van der Waals surface area contributed by atoms with Crippen LogP contribution in [0.2, 0.25) is 0 Å². The molecule has 0 bridgehead atoms. The summed E-state index contributed by atoms with van der Waals surface area (Å²) in [6, 6.07) is 11.7. The van der Waals surface area contributed by atoms with Crippen LogP contribution in [0.25, 0.3) is 5.82 Å². The number of ether oxygens (including phenoxy) is 1. The Bertz CT molecular complexity index is 1030. The number of sulfonamides is 1. The van der Waals surface area contributed by atoms with Crippen molar-refractivity contribution in [1.82, 2.24) is 24.7 Å². The molecule has 2 heterocycles. The van der Waals surface area contributed by atoms with Crippen LogP contribution in [0, 0.1) is 13.8 Å². The van der Waals surface area contributed by atoms with E-state index in [0.717, 1.165) is 11.4 Å². The SMILES string of the molecule is COc1ccc(S(=O)(=O)NCCNc2ccc(-n3nc(C)cc3C)nn2)cc1. The maximum atomic E-state index is 12.3. The molecule has 0 aliphatic carbocycles. The number of hydrogen-bond acceptors (Lipinski definition) is 7. The van der Waals surface area contributed by atoms with E-state index >= 15 is 0 Å². The van der Waals surface area contributed by atoms with E-state index in [-0.39, 0.29) is 11.4 Å². The lowest BCUT2D eigenvalue weighted by Gasteiger charge is -2.09. The normalized spacial score (nSPS) is 11.4. The summed E-state index contributed by atoms with van der Waals surface area (Å²) in [5.41, 5.74) is 1.88. The van der Waals surface area contributed by atoms with Gasteiger partial charge < -0.3 is 10.1 Å². The maximum absolute atomic E-state index is 12.3. The summed E-state index contributed by atoms with van der Waals surface area (Å²) in [6.45, 7) is 4.43. The van der Waals surface area contributed by atoms with Crippen molar-refractivity contribution in [3.8, 4) is 11.6 Å². The van der Waals surface area contributed by atoms with E-state index in [1.165, 1.54) is 19.2 Å². The van der Waals surface area contributed by atoms with Crippen molar-refractivity contribution >= 4 is 15.8 Å². The molecule has 2 N–H and O–H groups in total. The lowest BCUT2D eigenvalue weighted by atomic mass is 10.3. The molecule has 3 aromatic rings. The first-order valence-electron chi connectivity index (χ1n) is 8.64. The largest absolute Gasteiger partial charge is 0.497 e. The molecule has 0 saturated carbocycles. The van der Waals surface area contributed by atoms with Gasteiger partial charge in [0.1, 0.15) is 11.6 Å². The van der Waals surface area contributed by atoms with Gasteiger partial charge in [-0.15, -0.1) is 10.2 Å². The number of hydrogen-bond donors (Lipinski definition) is 2. The standard InChI is InChI=1S/C18H22N6O3S/c1-13-12-14(2)24(23-13)18-9-8-17(21-22-18)19-10-11-20-28(25,26)16-6-4-15(27-3)5-7-16/h4-9,12,20H,10-11H2,1-3H3,(H,19,21). The summed E-state index contributed by atoms with van der Waals surface area (Å²) in [6.07, 6.45) is 0. The van der Waals surface area contributed by atoms with E-state index < -0.39 is 10.0 Å². The molecule has 2 aromatic heterocycles. The molecule has 28 heavy (non-hydrogen) atoms. The van der Waals surface area contributed by atoms with Gasteiger partial charge in [0, 0.05) is 18.8 Å². The summed E-state index contributed by atoms with van der Waals surface area (Å²) in [5, 5.41) is 15.7. The third kappa shape index (κ3) is 4.65. The Kier molecular flexibility index (Phi) is 5.90. The topological polar surface area (TPSA) is 111 Å². The first-order chi connectivity index (χ1) is 13.4. The molecule has 0 saturated heterocycles. The number of nitrogens with zero attached hydrogens (tertiary/aromatic N) is 4. The van der Waals surface area contributed by atoms with Crippen molar-refractivity contribution in [2.45, 2.75) is 18.7 Å². The number of rotatable bonds is 8. The average Bonchev–Trinajstić information content (AvgIpc) is 3.04. The Hall–Kier alpha value is -2.98. The fraction of sp³-hybridized carbons (Fsp3) is 0.278. The van der Waals surface area contributed by atoms with Gasteiger partial charge >= 0.3 is 0 Å². The summed E-state index contributed by atoms with van der Waals surface area (Å²) in [7, 11) is -2.05. The van der Waals surface area contributed by atoms with E-state index in [1.807, 2.05) is 19.9 Å². The Morgan fingerprint density at radius 3 is 2.36 bits per heavy atom. The Balaban J connectivity index is 1.52. The van der Waals surface area contributed by atoms with Crippen molar-refractivity contribution < 1.29 is 13.2 Å². The quantitative estimate of drug-likeness (QED) is 0.552. The van der Waals surface area contributed by atoms with Crippen LogP contribution >= 0.6 is 0 Å². The lowest BCUT2D eigenvalue weighted by Crippen LogP contribution is -2.29. The highest BCUT2D eigenvalue weighted by atomic mass is 32.2. The number of nitrogens with one attached hydrogen (secondary N) is 2. The number of benzene rings is 1. The second kappa shape index (κ2) is 8.36. The summed E-state index contributed by atoms with van der Waals surface area (Å²) in [4.78, 5) is 0.183. The monoisotopic (exact) mass is 402 g/mol. The molecule has 0 amide bonds. The maximum Gasteiger partial charge on any atom is 0.240 e. The van der Waals surface area contributed by atoms with Crippen molar-refractivity contribution in [1.29, 1.82) is 0 Å². The molecule has 1 aromatic carbocycles. The zero-order valence-corrected chi connectivity index (χ0v) is 16.7. The van der Waals surface area contributed by atoms with Gasteiger partial charge in [-0.25, -0.2) is 17.8 Å². The number of anilines is 1. The smallest absolute Gasteiger partial charge is 0.240 e. The van der Waals surface area contributed by atoms with Crippen molar-refractivity contribution in [2.24, 2.45) is 0 Å². The van der Waals surface area contributed by atoms with Gasteiger partial charge in [0.15, 0.2) is 5.82 Å². The average molecular weight is 402 g/mol. The third-order valence-corrected chi connectivity index (χ3v) is 5.45. The summed E-state index contributed by atoms with van der Waals surface area (Å²) < 4.78 is 33.8. The van der Waals surface area contributed by atoms with Gasteiger partial charge in [0.25, 0.3) is 0 Å². The molecule has 0 spiro atoms. The second-order valence-corrected chi connectivity index (χ2v) is 7.88. The van der Waals surface area contributed by atoms with Crippen LogP contribution in [0.15, 0.2) is 47.4 Å². The fourth-order valence-electron chi connectivity index (χ4n) is 2.61. The van der Waals surface area contributed by atoms with Crippen LogP contribution in [0.5, 0.6) is 5.75 Å². The van der Waals surface area contributed by atoms with E-state index in [9.17, 15) is 8.42 Å². The van der Waals surface area contributed by atoms with Crippen LogP contribution in [0.4, 0.5) is 5.82 Å². The molecule has 3 rings (SSSR count).